The highest BCUT2D eigenvalue weighted by molar-refractivity contribution is 5.09. The van der Waals surface area contributed by atoms with Gasteiger partial charge in [-0.15, -0.1) is 0 Å². The first kappa shape index (κ1) is 14.5. The summed E-state index contributed by atoms with van der Waals surface area (Å²) < 4.78 is 0. The van der Waals surface area contributed by atoms with Crippen LogP contribution in [0.3, 0.4) is 0 Å². The second kappa shape index (κ2) is 6.16. The molecule has 0 bridgehead atoms. The van der Waals surface area contributed by atoms with E-state index in [2.05, 4.69) is 10.2 Å². The van der Waals surface area contributed by atoms with Crippen LogP contribution in [-0.4, -0.2) is 34.5 Å². The molecule has 0 fully saturated rings. The van der Waals surface area contributed by atoms with Crippen LogP contribution in [0.1, 0.15) is 26.7 Å². The third kappa shape index (κ3) is 2.99. The molecule has 0 radical (unpaired) electrons. The highest BCUT2D eigenvalue weighted by Gasteiger charge is 2.31. The molecule has 2 unspecified atom stereocenters. The van der Waals surface area contributed by atoms with Crippen LogP contribution in [0.25, 0.3) is 0 Å². The molecule has 0 saturated heterocycles. The predicted octanol–water partition coefficient (Wildman–Crippen LogP) is 0.768. The molecule has 0 amide bonds. The molecule has 0 aromatic heterocycles. The molecule has 0 heterocycles. The molecule has 0 aromatic rings. The van der Waals surface area contributed by atoms with E-state index in [1.54, 1.807) is 13.8 Å². The van der Waals surface area contributed by atoms with E-state index in [9.17, 15) is 0 Å². The molecule has 0 aliphatic rings. The number of hydrogen-bond donors (Lipinski definition) is 2. The number of azo groups is 1. The Hall–Kier alpha value is -1.50. The van der Waals surface area contributed by atoms with Gasteiger partial charge in [-0.05, 0) is 12.8 Å². The predicted molar refractivity (Wildman–Crippen MR) is 56.3 cm³/mol. The van der Waals surface area contributed by atoms with E-state index in [4.69, 9.17) is 20.7 Å². The fraction of sp³-hybridized carbons (Fsp3) is 0.800. The molecule has 0 aliphatic carbocycles. The molecular formula is C10H16N4O2. The minimum Gasteiger partial charge on any atom is -0.393 e. The van der Waals surface area contributed by atoms with Gasteiger partial charge < -0.3 is 10.2 Å². The number of nitrogens with zero attached hydrogens (tertiary/aromatic N) is 4. The van der Waals surface area contributed by atoms with Gasteiger partial charge in [-0.25, -0.2) is 0 Å². The molecule has 6 heteroatoms. The number of aliphatic hydroxyl groups excluding tert-OH is 2. The van der Waals surface area contributed by atoms with Crippen molar-refractivity contribution in [2.45, 2.75) is 37.8 Å². The minimum absolute atomic E-state index is 0.292. The Morgan fingerprint density at radius 1 is 0.938 bits per heavy atom. The first-order valence-electron chi connectivity index (χ1n) is 5.06. The average Bonchev–Trinajstić information content (AvgIpc) is 2.37. The molecule has 0 aromatic carbocycles. The summed E-state index contributed by atoms with van der Waals surface area (Å²) >= 11 is 0. The Labute approximate surface area is 94.8 Å². The van der Waals surface area contributed by atoms with Gasteiger partial charge in [0.1, 0.15) is 0 Å². The summed E-state index contributed by atoms with van der Waals surface area (Å²) in [5, 5.41) is 43.4. The van der Waals surface area contributed by atoms with Gasteiger partial charge in [0, 0.05) is 0 Å². The molecule has 0 saturated carbocycles. The Balaban J connectivity index is 5.08. The van der Waals surface area contributed by atoms with Gasteiger partial charge in [-0.2, -0.15) is 20.8 Å². The Morgan fingerprint density at radius 3 is 1.38 bits per heavy atom. The highest BCUT2D eigenvalue weighted by Crippen LogP contribution is 2.20. The van der Waals surface area contributed by atoms with Crippen molar-refractivity contribution >= 4 is 0 Å². The lowest BCUT2D eigenvalue weighted by molar-refractivity contribution is 0.200. The van der Waals surface area contributed by atoms with E-state index in [0.29, 0.717) is 12.8 Å². The van der Waals surface area contributed by atoms with Gasteiger partial charge in [0.2, 0.25) is 0 Å². The van der Waals surface area contributed by atoms with Crippen molar-refractivity contribution in [1.82, 2.24) is 0 Å². The quantitative estimate of drug-likeness (QED) is 0.648. The second-order valence-corrected chi connectivity index (χ2v) is 3.51. The van der Waals surface area contributed by atoms with Gasteiger partial charge in [-0.1, -0.05) is 13.8 Å². The van der Waals surface area contributed by atoms with Gasteiger partial charge >= 0.3 is 0 Å². The standard InChI is InChI=1S/C10H16N4O2/c1-3-9(5-11,7-15)13-14-10(4-2,6-12)8-16/h15-16H,3-4,7-8H2,1-2H3. The van der Waals surface area contributed by atoms with Crippen LogP contribution in [0.5, 0.6) is 0 Å². The van der Waals surface area contributed by atoms with Crippen LogP contribution in [0.4, 0.5) is 0 Å². The van der Waals surface area contributed by atoms with Crippen LogP contribution in [0.15, 0.2) is 10.2 Å². The third-order valence-corrected chi connectivity index (χ3v) is 2.54. The fourth-order valence-electron chi connectivity index (χ4n) is 0.893. The smallest absolute Gasteiger partial charge is 0.189 e. The van der Waals surface area contributed by atoms with Crippen molar-refractivity contribution in [2.75, 3.05) is 13.2 Å². The van der Waals surface area contributed by atoms with Crippen LogP contribution >= 0.6 is 0 Å². The van der Waals surface area contributed by atoms with E-state index in [1.807, 2.05) is 12.1 Å². The van der Waals surface area contributed by atoms with E-state index >= 15 is 0 Å². The van der Waals surface area contributed by atoms with Gasteiger partial charge in [-0.3, -0.25) is 0 Å². The lowest BCUT2D eigenvalue weighted by atomic mass is 9.99. The van der Waals surface area contributed by atoms with Crippen LogP contribution < -0.4 is 0 Å². The van der Waals surface area contributed by atoms with Crippen LogP contribution in [-0.2, 0) is 0 Å². The first-order chi connectivity index (χ1) is 7.57. The first-order valence-corrected chi connectivity index (χ1v) is 5.06. The maximum Gasteiger partial charge on any atom is 0.189 e. The molecule has 6 nitrogen and oxygen atoms in total. The third-order valence-electron chi connectivity index (χ3n) is 2.54. The SMILES string of the molecule is CCC(C#N)(CO)N=NC(C#N)(CC)CO. The molecule has 88 valence electrons. The molecule has 2 atom stereocenters. The van der Waals surface area contributed by atoms with Gasteiger partial charge in [0.05, 0.1) is 25.4 Å². The van der Waals surface area contributed by atoms with E-state index in [1.165, 1.54) is 0 Å². The van der Waals surface area contributed by atoms with Crippen molar-refractivity contribution in [1.29, 1.82) is 10.5 Å². The van der Waals surface area contributed by atoms with E-state index in [0.717, 1.165) is 0 Å². The monoisotopic (exact) mass is 224 g/mol. The highest BCUT2D eigenvalue weighted by atomic mass is 16.3. The molecule has 0 aliphatic heterocycles. The van der Waals surface area contributed by atoms with Gasteiger partial charge in [0.15, 0.2) is 11.1 Å². The Bertz CT molecular complexity index is 287. The van der Waals surface area contributed by atoms with Crippen molar-refractivity contribution < 1.29 is 10.2 Å². The van der Waals surface area contributed by atoms with E-state index in [-0.39, 0.29) is 0 Å². The molecular weight excluding hydrogens is 208 g/mol. The van der Waals surface area contributed by atoms with Crippen LogP contribution in [0, 0.1) is 22.7 Å². The number of hydrogen-bond acceptors (Lipinski definition) is 6. The fourth-order valence-corrected chi connectivity index (χ4v) is 0.893. The molecule has 2 N–H and O–H groups in total. The average molecular weight is 224 g/mol. The lowest BCUT2D eigenvalue weighted by Gasteiger charge is -2.20. The van der Waals surface area contributed by atoms with Crippen molar-refractivity contribution in [3.63, 3.8) is 0 Å². The van der Waals surface area contributed by atoms with Crippen molar-refractivity contribution in [2.24, 2.45) is 10.2 Å². The number of aliphatic hydroxyl groups is 2. The summed E-state index contributed by atoms with van der Waals surface area (Å²) in [6, 6.07) is 3.72. The number of nitriles is 2. The normalized spacial score (nSPS) is 18.4. The summed E-state index contributed by atoms with van der Waals surface area (Å²) in [5.74, 6) is 0. The minimum atomic E-state index is -1.31. The van der Waals surface area contributed by atoms with Crippen LogP contribution in [0.2, 0.25) is 0 Å². The summed E-state index contributed by atoms with van der Waals surface area (Å²) in [6.07, 6.45) is 0.584. The summed E-state index contributed by atoms with van der Waals surface area (Å²) in [6.45, 7) is 2.47. The zero-order chi connectivity index (χ0) is 12.7. The summed E-state index contributed by atoms with van der Waals surface area (Å²) in [5.41, 5.74) is -2.63. The zero-order valence-corrected chi connectivity index (χ0v) is 9.51. The van der Waals surface area contributed by atoms with Crippen molar-refractivity contribution in [3.05, 3.63) is 0 Å². The molecule has 0 rings (SSSR count). The molecule has 0 spiro atoms. The zero-order valence-electron chi connectivity index (χ0n) is 9.51. The topological polar surface area (TPSA) is 113 Å². The largest absolute Gasteiger partial charge is 0.393 e. The van der Waals surface area contributed by atoms with Gasteiger partial charge in [0.25, 0.3) is 0 Å². The molecule has 16 heavy (non-hydrogen) atoms. The Morgan fingerprint density at radius 2 is 1.25 bits per heavy atom. The van der Waals surface area contributed by atoms with Crippen molar-refractivity contribution in [3.8, 4) is 12.1 Å². The summed E-state index contributed by atoms with van der Waals surface area (Å²) in [4.78, 5) is 0. The maximum atomic E-state index is 9.07. The van der Waals surface area contributed by atoms with E-state index < -0.39 is 24.3 Å². The lowest BCUT2D eigenvalue weighted by Crippen LogP contribution is -2.32. The Kier molecular flexibility index (Phi) is 5.59. The maximum absolute atomic E-state index is 9.07. The second-order valence-electron chi connectivity index (χ2n) is 3.51. The number of rotatable bonds is 6. The summed E-state index contributed by atoms with van der Waals surface area (Å²) in [7, 11) is 0.